The molecule has 5 nitrogen and oxygen atoms in total. The molecule has 0 radical (unpaired) electrons. The Bertz CT molecular complexity index is 560. The van der Waals surface area contributed by atoms with Gasteiger partial charge in [-0.25, -0.2) is 9.59 Å². The van der Waals surface area contributed by atoms with Gasteiger partial charge in [-0.1, -0.05) is 29.3 Å². The lowest BCUT2D eigenvalue weighted by Crippen LogP contribution is -2.62. The fourth-order valence-corrected chi connectivity index (χ4v) is 1.73. The SMILES string of the molecule is CC(NC(=O)Nc1c(Cl)cccc1Cl)(C(=O)O)C(F)(F)F. The number of rotatable bonds is 3. The molecule has 0 aliphatic rings. The lowest BCUT2D eigenvalue weighted by Gasteiger charge is -2.28. The lowest BCUT2D eigenvalue weighted by atomic mass is 10.0. The largest absolute Gasteiger partial charge is 0.479 e. The van der Waals surface area contributed by atoms with Crippen LogP contribution in [0.15, 0.2) is 18.2 Å². The molecule has 0 saturated heterocycles. The van der Waals surface area contributed by atoms with Gasteiger partial charge in [-0.15, -0.1) is 0 Å². The number of hydrogen-bond donors (Lipinski definition) is 3. The van der Waals surface area contributed by atoms with E-state index in [1.165, 1.54) is 23.5 Å². The molecule has 0 spiro atoms. The van der Waals surface area contributed by atoms with E-state index in [2.05, 4.69) is 0 Å². The molecule has 0 bridgehead atoms. The molecule has 0 aromatic heterocycles. The number of carbonyl (C=O) groups is 2. The number of para-hydroxylation sites is 1. The summed E-state index contributed by atoms with van der Waals surface area (Å²) in [6.07, 6.45) is -5.19. The molecule has 0 aliphatic heterocycles. The van der Waals surface area contributed by atoms with E-state index in [4.69, 9.17) is 28.3 Å². The second kappa shape index (κ2) is 5.98. The molecule has 116 valence electrons. The number of benzene rings is 1. The van der Waals surface area contributed by atoms with Crippen LogP contribution in [0, 0.1) is 0 Å². The molecule has 1 rings (SSSR count). The molecule has 0 heterocycles. The standard InChI is InChI=1S/C11H9Cl2F3N2O3/c1-10(8(19)20,11(14,15)16)18-9(21)17-7-5(12)3-2-4-6(7)13/h2-4H,1H3,(H,19,20)(H2,17,18,21). The Morgan fingerprint density at radius 3 is 2.05 bits per heavy atom. The van der Waals surface area contributed by atoms with Gasteiger partial charge in [0.05, 0.1) is 15.7 Å². The van der Waals surface area contributed by atoms with Crippen LogP contribution in [-0.4, -0.2) is 28.8 Å². The highest BCUT2D eigenvalue weighted by Gasteiger charge is 2.58. The van der Waals surface area contributed by atoms with E-state index in [1.54, 1.807) is 0 Å². The van der Waals surface area contributed by atoms with E-state index in [0.717, 1.165) is 0 Å². The van der Waals surface area contributed by atoms with E-state index in [0.29, 0.717) is 6.92 Å². The van der Waals surface area contributed by atoms with Crippen molar-refractivity contribution in [3.05, 3.63) is 28.2 Å². The molecule has 21 heavy (non-hydrogen) atoms. The van der Waals surface area contributed by atoms with Gasteiger partial charge in [0.1, 0.15) is 0 Å². The van der Waals surface area contributed by atoms with Gasteiger partial charge < -0.3 is 15.7 Å². The maximum absolute atomic E-state index is 12.7. The highest BCUT2D eigenvalue weighted by Crippen LogP contribution is 2.32. The predicted octanol–water partition coefficient (Wildman–Crippen LogP) is 3.52. The van der Waals surface area contributed by atoms with Gasteiger partial charge in [-0.05, 0) is 19.1 Å². The summed E-state index contributed by atoms with van der Waals surface area (Å²) in [5.41, 5.74) is -3.58. The normalized spacial score (nSPS) is 14.2. The maximum atomic E-state index is 12.7. The number of hydrogen-bond acceptors (Lipinski definition) is 2. The molecule has 1 atom stereocenters. The van der Waals surface area contributed by atoms with Crippen molar-refractivity contribution in [2.45, 2.75) is 18.6 Å². The Balaban J connectivity index is 2.98. The quantitative estimate of drug-likeness (QED) is 0.784. The van der Waals surface area contributed by atoms with Gasteiger partial charge in [0.15, 0.2) is 0 Å². The number of anilines is 1. The minimum Gasteiger partial charge on any atom is -0.479 e. The van der Waals surface area contributed by atoms with Gasteiger partial charge in [-0.2, -0.15) is 13.2 Å². The minimum absolute atomic E-state index is 0.0123. The first-order valence-corrected chi connectivity index (χ1v) is 6.08. The van der Waals surface area contributed by atoms with Crippen molar-refractivity contribution in [1.82, 2.24) is 5.32 Å². The first-order valence-electron chi connectivity index (χ1n) is 5.32. The highest BCUT2D eigenvalue weighted by atomic mass is 35.5. The van der Waals surface area contributed by atoms with Gasteiger partial charge in [0.25, 0.3) is 0 Å². The monoisotopic (exact) mass is 344 g/mol. The van der Waals surface area contributed by atoms with Crippen LogP contribution in [0.25, 0.3) is 0 Å². The fourth-order valence-electron chi connectivity index (χ4n) is 1.23. The first kappa shape index (κ1) is 17.4. The molecule has 2 amide bonds. The van der Waals surface area contributed by atoms with Crippen molar-refractivity contribution < 1.29 is 27.9 Å². The van der Waals surface area contributed by atoms with Crippen LogP contribution in [0.2, 0.25) is 10.0 Å². The molecule has 1 aromatic carbocycles. The van der Waals surface area contributed by atoms with E-state index in [9.17, 15) is 22.8 Å². The molecule has 0 fully saturated rings. The first-order chi connectivity index (χ1) is 9.49. The molecular formula is C11H9Cl2F3N2O3. The van der Waals surface area contributed by atoms with Crippen molar-refractivity contribution in [2.24, 2.45) is 0 Å². The Hall–Kier alpha value is -1.67. The van der Waals surface area contributed by atoms with Gasteiger partial charge in [0, 0.05) is 0 Å². The average Bonchev–Trinajstić information content (AvgIpc) is 2.32. The number of nitrogens with one attached hydrogen (secondary N) is 2. The number of amides is 2. The summed E-state index contributed by atoms with van der Waals surface area (Å²) in [6.45, 7) is 0.323. The zero-order valence-electron chi connectivity index (χ0n) is 10.4. The lowest BCUT2D eigenvalue weighted by molar-refractivity contribution is -0.203. The summed E-state index contributed by atoms with van der Waals surface area (Å²) in [6, 6.07) is 2.75. The number of alkyl halides is 3. The molecule has 3 N–H and O–H groups in total. The Labute approximate surface area is 127 Å². The van der Waals surface area contributed by atoms with Crippen molar-refractivity contribution in [3.8, 4) is 0 Å². The summed E-state index contributed by atoms with van der Waals surface area (Å²) >= 11 is 11.5. The van der Waals surface area contributed by atoms with E-state index >= 15 is 0 Å². The van der Waals surface area contributed by atoms with Gasteiger partial charge >= 0.3 is 18.2 Å². The Morgan fingerprint density at radius 2 is 1.67 bits per heavy atom. The zero-order valence-corrected chi connectivity index (χ0v) is 11.9. The third-order valence-electron chi connectivity index (χ3n) is 2.56. The van der Waals surface area contributed by atoms with Gasteiger partial charge in [-0.3, -0.25) is 0 Å². The van der Waals surface area contributed by atoms with Gasteiger partial charge in [0.2, 0.25) is 5.54 Å². The van der Waals surface area contributed by atoms with Crippen LogP contribution in [-0.2, 0) is 4.79 Å². The third kappa shape index (κ3) is 3.70. The summed E-state index contributed by atoms with van der Waals surface area (Å²) in [5, 5.41) is 12.0. The number of carboxylic acid groups (broad SMARTS) is 1. The number of aliphatic carboxylic acids is 1. The summed E-state index contributed by atoms with van der Waals surface area (Å²) in [4.78, 5) is 22.4. The van der Waals surface area contributed by atoms with Crippen molar-refractivity contribution >= 4 is 40.9 Å². The predicted molar refractivity (Wildman–Crippen MR) is 70.7 cm³/mol. The van der Waals surface area contributed by atoms with Crippen LogP contribution in [0.1, 0.15) is 6.92 Å². The van der Waals surface area contributed by atoms with Crippen LogP contribution in [0.4, 0.5) is 23.7 Å². The topological polar surface area (TPSA) is 78.4 Å². The average molecular weight is 345 g/mol. The second-order valence-electron chi connectivity index (χ2n) is 4.10. The van der Waals surface area contributed by atoms with Crippen LogP contribution in [0.3, 0.4) is 0 Å². The summed E-state index contributed by atoms with van der Waals surface area (Å²) in [5.74, 6) is -2.25. The fraction of sp³-hybridized carbons (Fsp3) is 0.273. The Morgan fingerprint density at radius 1 is 1.19 bits per heavy atom. The smallest absolute Gasteiger partial charge is 0.422 e. The molecule has 1 unspecified atom stereocenters. The molecule has 0 saturated carbocycles. The van der Waals surface area contributed by atoms with Crippen LogP contribution >= 0.6 is 23.2 Å². The van der Waals surface area contributed by atoms with Crippen LogP contribution in [0.5, 0.6) is 0 Å². The number of carboxylic acids is 1. The Kier molecular flexibility index (Phi) is 4.95. The minimum atomic E-state index is -5.19. The summed E-state index contributed by atoms with van der Waals surface area (Å²) < 4.78 is 38.2. The third-order valence-corrected chi connectivity index (χ3v) is 3.19. The van der Waals surface area contributed by atoms with Crippen molar-refractivity contribution in [1.29, 1.82) is 0 Å². The van der Waals surface area contributed by atoms with Crippen molar-refractivity contribution in [2.75, 3.05) is 5.32 Å². The van der Waals surface area contributed by atoms with E-state index < -0.39 is 23.7 Å². The zero-order chi connectivity index (χ0) is 16.4. The highest BCUT2D eigenvalue weighted by molar-refractivity contribution is 6.39. The molecule has 10 heteroatoms. The van der Waals surface area contributed by atoms with E-state index in [1.807, 2.05) is 5.32 Å². The van der Waals surface area contributed by atoms with E-state index in [-0.39, 0.29) is 15.7 Å². The molecule has 0 aliphatic carbocycles. The molecule has 1 aromatic rings. The summed E-state index contributed by atoms with van der Waals surface area (Å²) in [7, 11) is 0. The van der Waals surface area contributed by atoms with Crippen molar-refractivity contribution in [3.63, 3.8) is 0 Å². The number of urea groups is 1. The maximum Gasteiger partial charge on any atom is 0.422 e. The molecular weight excluding hydrogens is 336 g/mol. The van der Waals surface area contributed by atoms with Crippen LogP contribution < -0.4 is 10.6 Å². The number of halogens is 5. The number of carbonyl (C=O) groups excluding carboxylic acids is 1. The second-order valence-corrected chi connectivity index (χ2v) is 4.92.